The lowest BCUT2D eigenvalue weighted by Gasteiger charge is -2.29. The summed E-state index contributed by atoms with van der Waals surface area (Å²) < 4.78 is 0.707. The number of nitrogens with zero attached hydrogens (tertiary/aromatic N) is 2. The Morgan fingerprint density at radius 1 is 1.50 bits per heavy atom. The highest BCUT2D eigenvalue weighted by molar-refractivity contribution is 8.01. The van der Waals surface area contributed by atoms with Crippen LogP contribution in [0, 0.1) is 0 Å². The van der Waals surface area contributed by atoms with Gasteiger partial charge in [0.2, 0.25) is 11.8 Å². The minimum Gasteiger partial charge on any atom is -0.315 e. The third-order valence-corrected chi connectivity index (χ3v) is 7.82. The Balaban J connectivity index is 1.49. The van der Waals surface area contributed by atoms with E-state index in [0.29, 0.717) is 21.6 Å². The molecule has 4 rings (SSSR count). The number of carbonyl (C=O) groups excluding carboxylic acids is 2. The number of thiazole rings is 1. The number of halogens is 1. The molecule has 2 aromatic rings. The first kappa shape index (κ1) is 16.4. The molecule has 2 atom stereocenters. The monoisotopic (exact) mass is 399 g/mol. The normalized spacial score (nSPS) is 26.0. The van der Waals surface area contributed by atoms with E-state index in [1.807, 2.05) is 24.4 Å². The molecule has 2 aliphatic heterocycles. The number of aromatic nitrogens is 1. The number of thiophene rings is 1. The number of carbonyl (C=O) groups is 2. The Morgan fingerprint density at radius 3 is 3.08 bits per heavy atom. The standard InChI is InChI=1S/C15H14ClN3O2S3/c1-15-5-4-12(20)19(15)9(7-23-15)13(21)18-14-17-8(6-22-14)10-2-3-11(16)24-10/h2-3,6,9H,4-5,7H2,1H3,(H,17,18,21)/t9-,15-/m1/s1. The van der Waals surface area contributed by atoms with E-state index >= 15 is 0 Å². The molecule has 2 fully saturated rings. The van der Waals surface area contributed by atoms with Gasteiger partial charge in [-0.25, -0.2) is 4.98 Å². The Kier molecular flexibility index (Phi) is 4.11. The van der Waals surface area contributed by atoms with Crippen LogP contribution < -0.4 is 5.32 Å². The van der Waals surface area contributed by atoms with E-state index in [4.69, 9.17) is 11.6 Å². The van der Waals surface area contributed by atoms with Gasteiger partial charge in [-0.05, 0) is 25.5 Å². The zero-order chi connectivity index (χ0) is 16.9. The number of rotatable bonds is 3. The lowest BCUT2D eigenvalue weighted by atomic mass is 10.2. The van der Waals surface area contributed by atoms with Gasteiger partial charge in [0.1, 0.15) is 6.04 Å². The van der Waals surface area contributed by atoms with E-state index in [0.717, 1.165) is 17.0 Å². The largest absolute Gasteiger partial charge is 0.315 e. The highest BCUT2D eigenvalue weighted by Crippen LogP contribution is 2.47. The van der Waals surface area contributed by atoms with Crippen LogP contribution in [0.25, 0.3) is 10.6 Å². The molecule has 2 aromatic heterocycles. The van der Waals surface area contributed by atoms with Crippen LogP contribution in [0.1, 0.15) is 19.8 Å². The van der Waals surface area contributed by atoms with E-state index in [1.54, 1.807) is 16.7 Å². The average molecular weight is 400 g/mol. The van der Waals surface area contributed by atoms with Crippen molar-refractivity contribution in [3.63, 3.8) is 0 Å². The molecular weight excluding hydrogens is 386 g/mol. The highest BCUT2D eigenvalue weighted by Gasteiger charge is 2.52. The minimum atomic E-state index is -0.418. The number of fused-ring (bicyclic) bond motifs is 1. The van der Waals surface area contributed by atoms with E-state index < -0.39 is 6.04 Å². The van der Waals surface area contributed by atoms with Crippen LogP contribution >= 0.6 is 46.0 Å². The van der Waals surface area contributed by atoms with Crippen molar-refractivity contribution in [1.82, 2.24) is 9.88 Å². The highest BCUT2D eigenvalue weighted by atomic mass is 35.5. The molecule has 5 nitrogen and oxygen atoms in total. The third kappa shape index (κ3) is 2.75. The fraction of sp³-hybridized carbons (Fsp3) is 0.400. The summed E-state index contributed by atoms with van der Waals surface area (Å²) in [6.45, 7) is 2.04. The number of amides is 2. The third-order valence-electron chi connectivity index (χ3n) is 4.31. The van der Waals surface area contributed by atoms with Crippen molar-refractivity contribution in [2.24, 2.45) is 0 Å². The fourth-order valence-electron chi connectivity index (χ4n) is 3.10. The zero-order valence-electron chi connectivity index (χ0n) is 12.7. The predicted octanol–water partition coefficient (Wildman–Crippen LogP) is 3.92. The van der Waals surface area contributed by atoms with Crippen molar-refractivity contribution in [1.29, 1.82) is 0 Å². The van der Waals surface area contributed by atoms with Crippen molar-refractivity contribution in [2.75, 3.05) is 11.1 Å². The number of thioether (sulfide) groups is 1. The summed E-state index contributed by atoms with van der Waals surface area (Å²) in [6.07, 6.45) is 1.33. The van der Waals surface area contributed by atoms with Gasteiger partial charge in [-0.2, -0.15) is 0 Å². The summed E-state index contributed by atoms with van der Waals surface area (Å²) in [5, 5.41) is 5.31. The topological polar surface area (TPSA) is 62.3 Å². The molecule has 24 heavy (non-hydrogen) atoms. The van der Waals surface area contributed by atoms with Crippen LogP contribution in [0.2, 0.25) is 4.34 Å². The summed E-state index contributed by atoms with van der Waals surface area (Å²) in [7, 11) is 0. The van der Waals surface area contributed by atoms with E-state index in [1.165, 1.54) is 22.7 Å². The van der Waals surface area contributed by atoms with Gasteiger partial charge in [0.05, 0.1) is 19.8 Å². The van der Waals surface area contributed by atoms with Gasteiger partial charge < -0.3 is 10.2 Å². The van der Waals surface area contributed by atoms with E-state index in [9.17, 15) is 9.59 Å². The lowest BCUT2D eigenvalue weighted by Crippen LogP contribution is -2.48. The maximum atomic E-state index is 12.6. The average Bonchev–Trinajstić information content (AvgIpc) is 3.27. The van der Waals surface area contributed by atoms with Gasteiger partial charge >= 0.3 is 0 Å². The van der Waals surface area contributed by atoms with Crippen LogP contribution in [0.15, 0.2) is 17.5 Å². The van der Waals surface area contributed by atoms with Gasteiger partial charge in [-0.15, -0.1) is 34.4 Å². The number of hydrogen-bond donors (Lipinski definition) is 1. The maximum Gasteiger partial charge on any atom is 0.249 e. The van der Waals surface area contributed by atoms with Gasteiger partial charge in [0.25, 0.3) is 0 Å². The van der Waals surface area contributed by atoms with Gasteiger partial charge in [-0.1, -0.05) is 11.6 Å². The number of anilines is 1. The smallest absolute Gasteiger partial charge is 0.249 e. The molecule has 9 heteroatoms. The first-order valence-electron chi connectivity index (χ1n) is 7.44. The second-order valence-corrected chi connectivity index (χ2v) is 9.97. The van der Waals surface area contributed by atoms with Gasteiger partial charge in [0.15, 0.2) is 5.13 Å². The van der Waals surface area contributed by atoms with Crippen molar-refractivity contribution >= 4 is 63.0 Å². The Labute approximate surface area is 156 Å². The molecule has 0 radical (unpaired) electrons. The van der Waals surface area contributed by atoms with Gasteiger partial charge in [-0.3, -0.25) is 9.59 Å². The quantitative estimate of drug-likeness (QED) is 0.849. The summed E-state index contributed by atoms with van der Waals surface area (Å²) in [5.74, 6) is 0.537. The van der Waals surface area contributed by atoms with Crippen molar-refractivity contribution in [3.05, 3.63) is 21.8 Å². The molecule has 1 N–H and O–H groups in total. The van der Waals surface area contributed by atoms with Crippen molar-refractivity contribution in [3.8, 4) is 10.6 Å². The molecule has 2 saturated heterocycles. The van der Waals surface area contributed by atoms with Crippen LogP contribution in [-0.2, 0) is 9.59 Å². The lowest BCUT2D eigenvalue weighted by molar-refractivity contribution is -0.135. The minimum absolute atomic E-state index is 0.0655. The predicted molar refractivity (Wildman–Crippen MR) is 99.8 cm³/mol. The molecular formula is C15H14ClN3O2S3. The first-order chi connectivity index (χ1) is 11.5. The fourth-order valence-corrected chi connectivity index (χ4v) is 6.32. The molecule has 0 unspecified atom stereocenters. The summed E-state index contributed by atoms with van der Waals surface area (Å²) in [4.78, 5) is 31.7. The Bertz CT molecular complexity index is 821. The Hall–Kier alpha value is -1.09. The summed E-state index contributed by atoms with van der Waals surface area (Å²) >= 11 is 10.5. The van der Waals surface area contributed by atoms with Crippen molar-refractivity contribution < 1.29 is 9.59 Å². The van der Waals surface area contributed by atoms with Crippen LogP contribution in [0.5, 0.6) is 0 Å². The molecule has 0 bridgehead atoms. The van der Waals surface area contributed by atoms with Crippen molar-refractivity contribution in [2.45, 2.75) is 30.7 Å². The molecule has 2 aliphatic rings. The summed E-state index contributed by atoms with van der Waals surface area (Å²) in [5.41, 5.74) is 0.801. The first-order valence-corrected chi connectivity index (χ1v) is 10.5. The van der Waals surface area contributed by atoms with E-state index in [-0.39, 0.29) is 16.7 Å². The summed E-state index contributed by atoms with van der Waals surface area (Å²) in [6, 6.07) is 3.32. The molecule has 0 aromatic carbocycles. The van der Waals surface area contributed by atoms with Gasteiger partial charge in [0, 0.05) is 17.6 Å². The SMILES string of the molecule is C[C@@]12CCC(=O)N1[C@@H](C(=O)Nc1nc(-c3ccc(Cl)s3)cs1)CS2. The molecule has 0 saturated carbocycles. The van der Waals surface area contributed by atoms with E-state index in [2.05, 4.69) is 10.3 Å². The van der Waals surface area contributed by atoms with Crippen LogP contribution in [0.4, 0.5) is 5.13 Å². The molecule has 0 spiro atoms. The Morgan fingerprint density at radius 2 is 2.33 bits per heavy atom. The molecule has 126 valence electrons. The van der Waals surface area contributed by atoms with Crippen LogP contribution in [0.3, 0.4) is 0 Å². The zero-order valence-corrected chi connectivity index (χ0v) is 15.9. The number of nitrogens with one attached hydrogen (secondary N) is 1. The second kappa shape index (κ2) is 6.01. The maximum absolute atomic E-state index is 12.6. The second-order valence-electron chi connectivity index (χ2n) is 5.90. The molecule has 4 heterocycles. The molecule has 0 aliphatic carbocycles. The van der Waals surface area contributed by atoms with Crippen LogP contribution in [-0.4, -0.2) is 38.4 Å². The number of hydrogen-bond acceptors (Lipinski definition) is 6. The molecule has 2 amide bonds.